The maximum absolute atomic E-state index is 5.69. The van der Waals surface area contributed by atoms with Crippen LogP contribution in [-0.2, 0) is 4.74 Å². The van der Waals surface area contributed by atoms with E-state index >= 15 is 0 Å². The number of likely N-dealkylation sites (tertiary alicyclic amines) is 1. The van der Waals surface area contributed by atoms with Gasteiger partial charge in [0.15, 0.2) is 0 Å². The maximum atomic E-state index is 5.69. The van der Waals surface area contributed by atoms with Crippen LogP contribution in [0.2, 0.25) is 0 Å². The van der Waals surface area contributed by atoms with Crippen LogP contribution in [0.1, 0.15) is 71.1 Å². The Balaban J connectivity index is 1.59. The van der Waals surface area contributed by atoms with Crippen LogP contribution in [0.25, 0.3) is 0 Å². The molecule has 1 aliphatic carbocycles. The van der Waals surface area contributed by atoms with Gasteiger partial charge in [0.25, 0.3) is 0 Å². The first kappa shape index (κ1) is 15.8. The molecule has 0 aromatic carbocycles. The first-order valence-electron chi connectivity index (χ1n) is 9.39. The molecule has 0 aromatic heterocycles. The summed E-state index contributed by atoms with van der Waals surface area (Å²) in [6, 6.07) is 0.678. The summed E-state index contributed by atoms with van der Waals surface area (Å²) in [7, 11) is 0. The Morgan fingerprint density at radius 1 is 1.05 bits per heavy atom. The molecule has 1 saturated carbocycles. The van der Waals surface area contributed by atoms with Gasteiger partial charge >= 0.3 is 0 Å². The lowest BCUT2D eigenvalue weighted by Gasteiger charge is -2.49. The van der Waals surface area contributed by atoms with Gasteiger partial charge in [-0.25, -0.2) is 0 Å². The van der Waals surface area contributed by atoms with Crippen molar-refractivity contribution >= 4 is 0 Å². The molecule has 3 nitrogen and oxygen atoms in total. The molecule has 2 unspecified atom stereocenters. The fourth-order valence-corrected chi connectivity index (χ4v) is 4.70. The van der Waals surface area contributed by atoms with Crippen LogP contribution in [-0.4, -0.2) is 48.8 Å². The van der Waals surface area contributed by atoms with E-state index in [-0.39, 0.29) is 0 Å². The highest BCUT2D eigenvalue weighted by Crippen LogP contribution is 2.35. The third-order valence-corrected chi connectivity index (χ3v) is 6.02. The van der Waals surface area contributed by atoms with Crippen molar-refractivity contribution in [1.82, 2.24) is 10.2 Å². The number of hydrogen-bond acceptors (Lipinski definition) is 3. The lowest BCUT2D eigenvalue weighted by molar-refractivity contribution is 0.000221. The Labute approximate surface area is 130 Å². The molecule has 21 heavy (non-hydrogen) atoms. The van der Waals surface area contributed by atoms with Crippen molar-refractivity contribution in [1.29, 1.82) is 0 Å². The fraction of sp³-hybridized carbons (Fsp3) is 1.00. The van der Waals surface area contributed by atoms with E-state index in [1.165, 1.54) is 83.8 Å². The van der Waals surface area contributed by atoms with Crippen LogP contribution in [0.5, 0.6) is 0 Å². The summed E-state index contributed by atoms with van der Waals surface area (Å²) < 4.78 is 5.69. The SMILES string of the molecule is CC1CC(NCC2(N3CCCCC3)CCCCC2)CCO1. The molecular formula is C18H34N2O. The van der Waals surface area contributed by atoms with Crippen molar-refractivity contribution in [3.8, 4) is 0 Å². The average Bonchev–Trinajstić information content (AvgIpc) is 2.55. The predicted octanol–water partition coefficient (Wildman–Crippen LogP) is 3.33. The molecule has 122 valence electrons. The summed E-state index contributed by atoms with van der Waals surface area (Å²) in [5.41, 5.74) is 0.472. The monoisotopic (exact) mass is 294 g/mol. The summed E-state index contributed by atoms with van der Waals surface area (Å²) in [5, 5.41) is 3.94. The highest BCUT2D eigenvalue weighted by molar-refractivity contribution is 4.97. The highest BCUT2D eigenvalue weighted by Gasteiger charge is 2.38. The van der Waals surface area contributed by atoms with Crippen molar-refractivity contribution < 1.29 is 4.74 Å². The molecule has 3 heteroatoms. The second-order valence-corrected chi connectivity index (χ2v) is 7.62. The van der Waals surface area contributed by atoms with Crippen LogP contribution in [0.15, 0.2) is 0 Å². The van der Waals surface area contributed by atoms with Gasteiger partial charge in [-0.3, -0.25) is 4.90 Å². The molecule has 1 N–H and O–H groups in total. The summed E-state index contributed by atoms with van der Waals surface area (Å²) in [6.07, 6.45) is 14.2. The molecule has 0 spiro atoms. The Morgan fingerprint density at radius 2 is 1.76 bits per heavy atom. The molecule has 2 aliphatic heterocycles. The van der Waals surface area contributed by atoms with Gasteiger partial charge in [0.1, 0.15) is 0 Å². The van der Waals surface area contributed by atoms with E-state index in [1.54, 1.807) is 0 Å². The highest BCUT2D eigenvalue weighted by atomic mass is 16.5. The minimum atomic E-state index is 0.438. The smallest absolute Gasteiger partial charge is 0.0561 e. The Hall–Kier alpha value is -0.120. The summed E-state index contributed by atoms with van der Waals surface area (Å²) in [6.45, 7) is 7.05. The van der Waals surface area contributed by atoms with Gasteiger partial charge in [0.05, 0.1) is 6.10 Å². The van der Waals surface area contributed by atoms with Crippen LogP contribution >= 0.6 is 0 Å². The number of nitrogens with zero attached hydrogens (tertiary/aromatic N) is 1. The number of ether oxygens (including phenoxy) is 1. The second-order valence-electron chi connectivity index (χ2n) is 7.62. The quantitative estimate of drug-likeness (QED) is 0.861. The van der Waals surface area contributed by atoms with Gasteiger partial charge in [-0.2, -0.15) is 0 Å². The molecule has 0 aromatic rings. The molecule has 0 bridgehead atoms. The number of nitrogens with one attached hydrogen (secondary N) is 1. The topological polar surface area (TPSA) is 24.5 Å². The van der Waals surface area contributed by atoms with Crippen molar-refractivity contribution in [3.63, 3.8) is 0 Å². The van der Waals surface area contributed by atoms with Crippen LogP contribution in [0.3, 0.4) is 0 Å². The average molecular weight is 294 g/mol. The zero-order chi connectivity index (χ0) is 14.5. The molecular weight excluding hydrogens is 260 g/mol. The zero-order valence-electron chi connectivity index (χ0n) is 13.9. The number of rotatable bonds is 4. The summed E-state index contributed by atoms with van der Waals surface area (Å²) in [5.74, 6) is 0. The third-order valence-electron chi connectivity index (χ3n) is 6.02. The van der Waals surface area contributed by atoms with Gasteiger partial charge < -0.3 is 10.1 Å². The van der Waals surface area contributed by atoms with E-state index in [0.29, 0.717) is 17.7 Å². The van der Waals surface area contributed by atoms with Gasteiger partial charge in [0, 0.05) is 24.7 Å². The maximum Gasteiger partial charge on any atom is 0.0561 e. The molecule has 3 rings (SSSR count). The van der Waals surface area contributed by atoms with Gasteiger partial charge in [-0.15, -0.1) is 0 Å². The van der Waals surface area contributed by atoms with Crippen molar-refractivity contribution in [2.75, 3.05) is 26.2 Å². The molecule has 0 radical (unpaired) electrons. The zero-order valence-corrected chi connectivity index (χ0v) is 13.9. The van der Waals surface area contributed by atoms with E-state index in [9.17, 15) is 0 Å². The van der Waals surface area contributed by atoms with Crippen LogP contribution < -0.4 is 5.32 Å². The molecule has 2 heterocycles. The van der Waals surface area contributed by atoms with E-state index < -0.39 is 0 Å². The molecule has 3 fully saturated rings. The first-order chi connectivity index (χ1) is 10.3. The minimum Gasteiger partial charge on any atom is -0.378 e. The lowest BCUT2D eigenvalue weighted by atomic mass is 9.79. The summed E-state index contributed by atoms with van der Waals surface area (Å²) >= 11 is 0. The lowest BCUT2D eigenvalue weighted by Crippen LogP contribution is -2.59. The Morgan fingerprint density at radius 3 is 2.48 bits per heavy atom. The van der Waals surface area contributed by atoms with Crippen molar-refractivity contribution in [2.24, 2.45) is 0 Å². The fourth-order valence-electron chi connectivity index (χ4n) is 4.70. The van der Waals surface area contributed by atoms with Gasteiger partial charge in [-0.05, 0) is 58.5 Å². The van der Waals surface area contributed by atoms with E-state index in [2.05, 4.69) is 17.1 Å². The number of piperidine rings is 1. The third kappa shape index (κ3) is 4.00. The van der Waals surface area contributed by atoms with E-state index in [0.717, 1.165) is 6.61 Å². The number of hydrogen-bond donors (Lipinski definition) is 1. The Bertz CT molecular complexity index is 308. The van der Waals surface area contributed by atoms with Crippen molar-refractivity contribution in [3.05, 3.63) is 0 Å². The van der Waals surface area contributed by atoms with E-state index in [1.807, 2.05) is 0 Å². The second kappa shape index (κ2) is 7.43. The standard InChI is InChI=1S/C18H34N2O/c1-16-14-17(8-13-21-16)19-15-18(9-4-2-5-10-18)20-11-6-3-7-12-20/h16-17,19H,2-15H2,1H3. The molecule has 0 amide bonds. The largest absolute Gasteiger partial charge is 0.378 e. The normalized spacial score (nSPS) is 34.7. The first-order valence-corrected chi connectivity index (χ1v) is 9.39. The van der Waals surface area contributed by atoms with Gasteiger partial charge in [0.2, 0.25) is 0 Å². The predicted molar refractivity (Wildman–Crippen MR) is 87.7 cm³/mol. The molecule has 3 aliphatic rings. The van der Waals surface area contributed by atoms with Crippen LogP contribution in [0.4, 0.5) is 0 Å². The summed E-state index contributed by atoms with van der Waals surface area (Å²) in [4.78, 5) is 2.85. The van der Waals surface area contributed by atoms with Gasteiger partial charge in [-0.1, -0.05) is 25.7 Å². The van der Waals surface area contributed by atoms with Crippen molar-refractivity contribution in [2.45, 2.75) is 88.8 Å². The Kier molecular flexibility index (Phi) is 5.58. The van der Waals surface area contributed by atoms with Crippen LogP contribution in [0, 0.1) is 0 Å². The molecule has 2 saturated heterocycles. The molecule has 2 atom stereocenters. The minimum absolute atomic E-state index is 0.438. The van der Waals surface area contributed by atoms with E-state index in [4.69, 9.17) is 4.74 Å².